The Kier molecular flexibility index (Phi) is 6.20. The first-order valence-electron chi connectivity index (χ1n) is 12.2. The number of nitriles is 1. The fraction of sp³-hybridized carbons (Fsp3) is 0.250. The van der Waals surface area contributed by atoms with Crippen LogP contribution in [0.4, 0.5) is 5.82 Å². The second-order valence-corrected chi connectivity index (χ2v) is 10.2. The lowest BCUT2D eigenvalue weighted by Gasteiger charge is -2.39. The zero-order valence-corrected chi connectivity index (χ0v) is 21.3. The van der Waals surface area contributed by atoms with E-state index in [0.29, 0.717) is 28.4 Å². The number of fused-ring (bicyclic) bond motifs is 1. The minimum Gasteiger partial charge on any atom is -0.457 e. The predicted molar refractivity (Wildman–Crippen MR) is 143 cm³/mol. The molecule has 1 fully saturated rings. The number of likely N-dealkylation sites (tertiary alicyclic amines) is 1. The topological polar surface area (TPSA) is 132 Å². The van der Waals surface area contributed by atoms with E-state index >= 15 is 0 Å². The van der Waals surface area contributed by atoms with E-state index in [1.165, 1.54) is 10.9 Å². The molecule has 2 aromatic heterocycles. The summed E-state index contributed by atoms with van der Waals surface area (Å²) in [5.74, 6) is 1.14. The number of hydrogen-bond acceptors (Lipinski definition) is 7. The maximum atomic E-state index is 13.7. The Balaban J connectivity index is 1.46. The molecule has 1 aliphatic rings. The number of carbonyl (C=O) groups excluding carboxylic acids is 1. The lowest BCUT2D eigenvalue weighted by molar-refractivity contribution is -0.132. The number of nitrogen functional groups attached to an aromatic ring is 1. The van der Waals surface area contributed by atoms with Gasteiger partial charge in [0.2, 0.25) is 0 Å². The van der Waals surface area contributed by atoms with Gasteiger partial charge in [-0.05, 0) is 41.8 Å². The van der Waals surface area contributed by atoms with Gasteiger partial charge in [-0.2, -0.15) is 5.26 Å². The normalized spacial score (nSPS) is 14.3. The maximum Gasteiger partial charge on any atom is 0.335 e. The first-order chi connectivity index (χ1) is 18.2. The van der Waals surface area contributed by atoms with Crippen LogP contribution >= 0.6 is 0 Å². The minimum atomic E-state index is -0.349. The Morgan fingerprint density at radius 2 is 1.74 bits per heavy atom. The molecular weight excluding hydrogens is 482 g/mol. The first kappa shape index (κ1) is 24.8. The molecule has 10 heteroatoms. The number of anilines is 1. The molecule has 3 heterocycles. The highest BCUT2D eigenvalue weighted by Crippen LogP contribution is 2.30. The summed E-state index contributed by atoms with van der Waals surface area (Å²) in [5, 5.41) is 9.49. The van der Waals surface area contributed by atoms with E-state index in [9.17, 15) is 14.9 Å². The average Bonchev–Trinajstić information content (AvgIpc) is 3.15. The van der Waals surface area contributed by atoms with Gasteiger partial charge < -0.3 is 15.4 Å². The van der Waals surface area contributed by atoms with Gasteiger partial charge in [0.05, 0.1) is 11.7 Å². The number of ether oxygens (including phenoxy) is 1. The van der Waals surface area contributed by atoms with Crippen LogP contribution in [0.5, 0.6) is 11.5 Å². The molecule has 0 saturated carbocycles. The van der Waals surface area contributed by atoms with Crippen molar-refractivity contribution in [1.29, 1.82) is 5.26 Å². The van der Waals surface area contributed by atoms with Crippen molar-refractivity contribution in [3.05, 3.63) is 83.1 Å². The molecule has 0 aliphatic carbocycles. The maximum absolute atomic E-state index is 13.7. The van der Waals surface area contributed by atoms with Crippen LogP contribution in [-0.2, 0) is 4.79 Å². The molecule has 192 valence electrons. The Labute approximate surface area is 219 Å². The van der Waals surface area contributed by atoms with Gasteiger partial charge in [-0.25, -0.2) is 14.8 Å². The molecule has 5 rings (SSSR count). The van der Waals surface area contributed by atoms with Crippen molar-refractivity contribution in [3.63, 3.8) is 0 Å². The lowest BCUT2D eigenvalue weighted by Crippen LogP contribution is -2.53. The van der Waals surface area contributed by atoms with Crippen LogP contribution in [0.15, 0.2) is 77.4 Å². The number of allylic oxidation sites excluding steroid dienone is 1. The Bertz CT molecular complexity index is 1630. The summed E-state index contributed by atoms with van der Waals surface area (Å²) in [5.41, 5.74) is 6.99. The molecule has 2 N–H and O–H groups in total. The van der Waals surface area contributed by atoms with E-state index in [4.69, 9.17) is 10.5 Å². The number of imidazole rings is 1. The molecule has 1 saturated heterocycles. The van der Waals surface area contributed by atoms with Gasteiger partial charge in [-0.3, -0.25) is 13.9 Å². The minimum absolute atomic E-state index is 0.0927. The van der Waals surface area contributed by atoms with Crippen molar-refractivity contribution < 1.29 is 9.53 Å². The molecule has 0 bridgehead atoms. The molecule has 4 aromatic rings. The second-order valence-electron chi connectivity index (χ2n) is 10.2. The van der Waals surface area contributed by atoms with Crippen LogP contribution in [0, 0.1) is 16.7 Å². The zero-order valence-electron chi connectivity index (χ0n) is 21.3. The number of benzene rings is 2. The fourth-order valence-electron chi connectivity index (χ4n) is 4.45. The van der Waals surface area contributed by atoms with Crippen LogP contribution in [0.2, 0.25) is 0 Å². The number of amides is 1. The predicted octanol–water partition coefficient (Wildman–Crippen LogP) is 3.84. The van der Waals surface area contributed by atoms with Crippen molar-refractivity contribution in [1.82, 2.24) is 24.0 Å². The zero-order chi connectivity index (χ0) is 27.0. The van der Waals surface area contributed by atoms with Crippen LogP contribution in [0.1, 0.15) is 26.8 Å². The third kappa shape index (κ3) is 4.62. The number of nitrogens with zero attached hydrogens (tertiary/aromatic N) is 6. The summed E-state index contributed by atoms with van der Waals surface area (Å²) in [4.78, 5) is 36.6. The lowest BCUT2D eigenvalue weighted by atomic mass is 9.93. The van der Waals surface area contributed by atoms with Crippen molar-refractivity contribution in [2.45, 2.75) is 26.8 Å². The van der Waals surface area contributed by atoms with E-state index in [1.807, 2.05) is 57.2 Å². The Morgan fingerprint density at radius 3 is 2.37 bits per heavy atom. The third-order valence-corrected chi connectivity index (χ3v) is 6.20. The molecule has 0 radical (unpaired) electrons. The van der Waals surface area contributed by atoms with Crippen LogP contribution in [0.3, 0.4) is 0 Å². The number of para-hydroxylation sites is 1. The van der Waals surface area contributed by atoms with Gasteiger partial charge >= 0.3 is 5.69 Å². The van der Waals surface area contributed by atoms with Crippen molar-refractivity contribution in [2.75, 3.05) is 18.8 Å². The summed E-state index contributed by atoms with van der Waals surface area (Å²) < 4.78 is 8.89. The SMILES string of the molecule is CC(C)(C)/C=C(/C#N)C(=O)N1CC(n2c(=O)n(-c3ccc(Oc4ccccc4)cc3)c3c(N)ncnc32)C1. The number of carbonyl (C=O) groups is 1. The van der Waals surface area contributed by atoms with Crippen LogP contribution in [0.25, 0.3) is 16.9 Å². The summed E-state index contributed by atoms with van der Waals surface area (Å²) in [6, 6.07) is 18.2. The molecule has 0 spiro atoms. The van der Waals surface area contributed by atoms with E-state index in [0.717, 1.165) is 0 Å². The number of aromatic nitrogens is 4. The quantitative estimate of drug-likeness (QED) is 0.319. The molecule has 0 atom stereocenters. The van der Waals surface area contributed by atoms with Gasteiger partial charge in [-0.15, -0.1) is 0 Å². The molecule has 38 heavy (non-hydrogen) atoms. The van der Waals surface area contributed by atoms with E-state index in [2.05, 4.69) is 9.97 Å². The van der Waals surface area contributed by atoms with Gasteiger partial charge in [0.15, 0.2) is 11.5 Å². The highest BCUT2D eigenvalue weighted by Gasteiger charge is 2.37. The van der Waals surface area contributed by atoms with Gasteiger partial charge in [0, 0.05) is 13.1 Å². The average molecular weight is 510 g/mol. The van der Waals surface area contributed by atoms with E-state index in [-0.39, 0.29) is 47.5 Å². The number of nitrogens with two attached hydrogens (primary N) is 1. The molecular formula is C28H27N7O3. The van der Waals surface area contributed by atoms with Gasteiger partial charge in [-0.1, -0.05) is 45.0 Å². The van der Waals surface area contributed by atoms with Crippen LogP contribution in [-0.4, -0.2) is 43.0 Å². The number of rotatable bonds is 5. The van der Waals surface area contributed by atoms with Gasteiger partial charge in [0.1, 0.15) is 35.0 Å². The first-order valence-corrected chi connectivity index (χ1v) is 12.2. The molecule has 1 amide bonds. The highest BCUT2D eigenvalue weighted by atomic mass is 16.5. The van der Waals surface area contributed by atoms with E-state index in [1.54, 1.807) is 39.8 Å². The summed E-state index contributed by atoms with van der Waals surface area (Å²) in [6.45, 7) is 6.32. The summed E-state index contributed by atoms with van der Waals surface area (Å²) in [6.07, 6.45) is 2.98. The van der Waals surface area contributed by atoms with Gasteiger partial charge in [0.25, 0.3) is 5.91 Å². The third-order valence-electron chi connectivity index (χ3n) is 6.20. The number of hydrogen-bond donors (Lipinski definition) is 1. The van der Waals surface area contributed by atoms with Crippen molar-refractivity contribution in [2.24, 2.45) is 5.41 Å². The molecule has 1 aliphatic heterocycles. The Morgan fingerprint density at radius 1 is 1.08 bits per heavy atom. The molecule has 10 nitrogen and oxygen atoms in total. The smallest absolute Gasteiger partial charge is 0.335 e. The molecule has 2 aromatic carbocycles. The largest absolute Gasteiger partial charge is 0.457 e. The van der Waals surface area contributed by atoms with Crippen LogP contribution < -0.4 is 16.2 Å². The summed E-state index contributed by atoms with van der Waals surface area (Å²) in [7, 11) is 0. The Hall–Kier alpha value is -4.91. The molecule has 0 unspecified atom stereocenters. The monoisotopic (exact) mass is 509 g/mol. The van der Waals surface area contributed by atoms with Crippen molar-refractivity contribution >= 4 is 22.9 Å². The van der Waals surface area contributed by atoms with Crippen molar-refractivity contribution in [3.8, 4) is 23.3 Å². The summed E-state index contributed by atoms with van der Waals surface area (Å²) >= 11 is 0. The van der Waals surface area contributed by atoms with E-state index < -0.39 is 0 Å². The standard InChI is InChI=1S/C28H27N7O3/c1-28(2,3)13-18(14-29)26(36)33-15-20(16-33)35-25-23(24(30)31-17-32-25)34(27(35)37)19-9-11-22(12-10-19)38-21-7-5-4-6-8-21/h4-13,17,20H,15-16H2,1-3H3,(H2,30,31,32)/b18-13-. The highest BCUT2D eigenvalue weighted by molar-refractivity contribution is 5.98. The fourth-order valence-corrected chi connectivity index (χ4v) is 4.45. The second kappa shape index (κ2) is 9.52.